The average molecular weight is 316 g/mol. The van der Waals surface area contributed by atoms with Gasteiger partial charge in [0.2, 0.25) is 0 Å². The van der Waals surface area contributed by atoms with Crippen LogP contribution in [0.1, 0.15) is 72.1 Å². The number of fused-ring (bicyclic) bond motifs is 5. The standard InChI is InChI=1S/C21H32O2/c1-13-8-10-20(2)14(12-13)4-5-15-16-6-7-18(19(22)23)21(16,3)11-9-17(15)20/h4,13,15-18H,5-12H2,1-3H3,(H,22,23)/t13?,15-,16-,17-,18+,20-,21-/m0/s1. The van der Waals surface area contributed by atoms with E-state index in [1.54, 1.807) is 5.57 Å². The molecule has 0 aromatic rings. The summed E-state index contributed by atoms with van der Waals surface area (Å²) >= 11 is 0. The van der Waals surface area contributed by atoms with Crippen LogP contribution in [-0.2, 0) is 4.79 Å². The molecule has 1 N–H and O–H groups in total. The fraction of sp³-hybridized carbons (Fsp3) is 0.857. The molecule has 4 aliphatic carbocycles. The maximum atomic E-state index is 11.7. The van der Waals surface area contributed by atoms with Crippen molar-refractivity contribution in [2.24, 2.45) is 40.4 Å². The zero-order valence-corrected chi connectivity index (χ0v) is 15.0. The van der Waals surface area contributed by atoms with Crippen LogP contribution in [-0.4, -0.2) is 11.1 Å². The SMILES string of the molecule is CC1CC[C@@]2(C)C(=CC[C@H]3[C@@H]4CC[C@H](C(=O)O)[C@@]4(C)CC[C@@H]32)C1. The summed E-state index contributed by atoms with van der Waals surface area (Å²) in [4.78, 5) is 11.7. The quantitative estimate of drug-likeness (QED) is 0.668. The highest BCUT2D eigenvalue weighted by molar-refractivity contribution is 5.71. The zero-order valence-electron chi connectivity index (χ0n) is 15.0. The van der Waals surface area contributed by atoms with Gasteiger partial charge in [0, 0.05) is 0 Å². The van der Waals surface area contributed by atoms with E-state index in [0.717, 1.165) is 37.0 Å². The number of aliphatic carboxylic acids is 1. The Morgan fingerprint density at radius 1 is 1.13 bits per heavy atom. The molecule has 1 unspecified atom stereocenters. The van der Waals surface area contributed by atoms with Gasteiger partial charge >= 0.3 is 5.97 Å². The van der Waals surface area contributed by atoms with Gasteiger partial charge in [-0.3, -0.25) is 4.79 Å². The van der Waals surface area contributed by atoms with Gasteiger partial charge in [-0.05, 0) is 85.9 Å². The number of rotatable bonds is 1. The van der Waals surface area contributed by atoms with Crippen molar-refractivity contribution >= 4 is 5.97 Å². The Morgan fingerprint density at radius 3 is 2.65 bits per heavy atom. The van der Waals surface area contributed by atoms with Gasteiger partial charge < -0.3 is 5.11 Å². The summed E-state index contributed by atoms with van der Waals surface area (Å²) in [6, 6.07) is 0. The van der Waals surface area contributed by atoms with Gasteiger partial charge in [0.1, 0.15) is 0 Å². The lowest BCUT2D eigenvalue weighted by Gasteiger charge is -2.57. The predicted molar refractivity (Wildman–Crippen MR) is 92.0 cm³/mol. The molecule has 2 nitrogen and oxygen atoms in total. The lowest BCUT2D eigenvalue weighted by atomic mass is 9.47. The number of hydrogen-bond acceptors (Lipinski definition) is 1. The van der Waals surface area contributed by atoms with E-state index in [4.69, 9.17) is 0 Å². The first-order chi connectivity index (χ1) is 10.9. The van der Waals surface area contributed by atoms with Crippen LogP contribution in [0, 0.1) is 40.4 Å². The van der Waals surface area contributed by atoms with Gasteiger partial charge in [-0.1, -0.05) is 32.4 Å². The molecule has 0 spiro atoms. The topological polar surface area (TPSA) is 37.3 Å². The fourth-order valence-corrected chi connectivity index (χ4v) is 7.25. The summed E-state index contributed by atoms with van der Waals surface area (Å²) in [5.41, 5.74) is 2.21. The Labute approximate surface area is 140 Å². The summed E-state index contributed by atoms with van der Waals surface area (Å²) < 4.78 is 0. The number of carboxylic acid groups (broad SMARTS) is 1. The molecule has 7 atom stereocenters. The Kier molecular flexibility index (Phi) is 3.49. The smallest absolute Gasteiger partial charge is 0.307 e. The van der Waals surface area contributed by atoms with Crippen LogP contribution >= 0.6 is 0 Å². The molecule has 4 rings (SSSR count). The van der Waals surface area contributed by atoms with Gasteiger partial charge in [0.25, 0.3) is 0 Å². The first-order valence-electron chi connectivity index (χ1n) is 9.78. The van der Waals surface area contributed by atoms with E-state index in [9.17, 15) is 9.90 Å². The van der Waals surface area contributed by atoms with Crippen molar-refractivity contribution in [1.29, 1.82) is 0 Å². The summed E-state index contributed by atoms with van der Waals surface area (Å²) in [6.07, 6.45) is 12.3. The minimum absolute atomic E-state index is 0.0522. The highest BCUT2D eigenvalue weighted by Crippen LogP contribution is 2.66. The third-order valence-electron chi connectivity index (χ3n) is 8.65. The molecule has 0 radical (unpaired) electrons. The summed E-state index contributed by atoms with van der Waals surface area (Å²) in [7, 11) is 0. The molecule has 0 heterocycles. The Hall–Kier alpha value is -0.790. The maximum absolute atomic E-state index is 11.7. The first-order valence-corrected chi connectivity index (χ1v) is 9.78. The Morgan fingerprint density at radius 2 is 1.91 bits per heavy atom. The molecule has 2 heteroatoms. The molecular weight excluding hydrogens is 284 g/mol. The van der Waals surface area contributed by atoms with Crippen LogP contribution in [0.5, 0.6) is 0 Å². The van der Waals surface area contributed by atoms with Crippen molar-refractivity contribution in [3.63, 3.8) is 0 Å². The number of hydrogen-bond donors (Lipinski definition) is 1. The molecule has 23 heavy (non-hydrogen) atoms. The second-order valence-electron chi connectivity index (χ2n) is 9.62. The minimum Gasteiger partial charge on any atom is -0.481 e. The largest absolute Gasteiger partial charge is 0.481 e. The molecule has 4 aliphatic rings. The number of allylic oxidation sites excluding steroid dienone is 2. The third kappa shape index (κ3) is 2.09. The number of carbonyl (C=O) groups is 1. The highest BCUT2D eigenvalue weighted by atomic mass is 16.4. The van der Waals surface area contributed by atoms with Crippen molar-refractivity contribution in [1.82, 2.24) is 0 Å². The Bertz CT molecular complexity index is 550. The molecular formula is C21H32O2. The van der Waals surface area contributed by atoms with E-state index >= 15 is 0 Å². The van der Waals surface area contributed by atoms with E-state index < -0.39 is 5.97 Å². The van der Waals surface area contributed by atoms with E-state index in [0.29, 0.717) is 11.3 Å². The monoisotopic (exact) mass is 316 g/mol. The molecule has 0 aliphatic heterocycles. The molecule has 0 saturated heterocycles. The van der Waals surface area contributed by atoms with Crippen molar-refractivity contribution in [2.45, 2.75) is 72.1 Å². The zero-order chi connectivity index (χ0) is 16.4. The van der Waals surface area contributed by atoms with Gasteiger partial charge in [0.05, 0.1) is 5.92 Å². The predicted octanol–water partition coefficient (Wildman–Crippen LogP) is 5.29. The van der Waals surface area contributed by atoms with Crippen molar-refractivity contribution < 1.29 is 9.90 Å². The van der Waals surface area contributed by atoms with E-state index in [-0.39, 0.29) is 11.3 Å². The maximum Gasteiger partial charge on any atom is 0.307 e. The van der Waals surface area contributed by atoms with Gasteiger partial charge in [-0.15, -0.1) is 0 Å². The first kappa shape index (κ1) is 15.7. The Balaban J connectivity index is 1.66. The van der Waals surface area contributed by atoms with Gasteiger partial charge in [-0.2, -0.15) is 0 Å². The normalized spacial score (nSPS) is 52.1. The molecule has 0 aromatic heterocycles. The van der Waals surface area contributed by atoms with Crippen molar-refractivity contribution in [3.8, 4) is 0 Å². The molecule has 3 fully saturated rings. The number of carboxylic acids is 1. The van der Waals surface area contributed by atoms with Gasteiger partial charge in [0.15, 0.2) is 0 Å². The van der Waals surface area contributed by atoms with Crippen LogP contribution in [0.2, 0.25) is 0 Å². The summed E-state index contributed by atoms with van der Waals surface area (Å²) in [5.74, 6) is 2.39. The van der Waals surface area contributed by atoms with Crippen LogP contribution in [0.3, 0.4) is 0 Å². The second-order valence-corrected chi connectivity index (χ2v) is 9.62. The molecule has 0 bridgehead atoms. The van der Waals surface area contributed by atoms with Crippen molar-refractivity contribution in [3.05, 3.63) is 11.6 Å². The molecule has 128 valence electrons. The minimum atomic E-state index is -0.543. The average Bonchev–Trinajstić information content (AvgIpc) is 2.85. The van der Waals surface area contributed by atoms with Crippen LogP contribution in [0.25, 0.3) is 0 Å². The lowest BCUT2D eigenvalue weighted by molar-refractivity contribution is -0.148. The van der Waals surface area contributed by atoms with E-state index in [2.05, 4.69) is 26.8 Å². The summed E-state index contributed by atoms with van der Waals surface area (Å²) in [5, 5.41) is 9.67. The van der Waals surface area contributed by atoms with Crippen LogP contribution < -0.4 is 0 Å². The van der Waals surface area contributed by atoms with E-state index in [1.165, 1.54) is 32.1 Å². The molecule has 3 saturated carbocycles. The van der Waals surface area contributed by atoms with E-state index in [1.807, 2.05) is 0 Å². The van der Waals surface area contributed by atoms with Crippen LogP contribution in [0.4, 0.5) is 0 Å². The third-order valence-corrected chi connectivity index (χ3v) is 8.65. The summed E-state index contributed by atoms with van der Waals surface area (Å²) in [6.45, 7) is 7.23. The van der Waals surface area contributed by atoms with Gasteiger partial charge in [-0.25, -0.2) is 0 Å². The second kappa shape index (κ2) is 5.10. The highest BCUT2D eigenvalue weighted by Gasteiger charge is 2.59. The lowest BCUT2D eigenvalue weighted by Crippen LogP contribution is -2.50. The van der Waals surface area contributed by atoms with Crippen LogP contribution in [0.15, 0.2) is 11.6 Å². The molecule has 0 amide bonds. The fourth-order valence-electron chi connectivity index (χ4n) is 7.25. The van der Waals surface area contributed by atoms with Crippen molar-refractivity contribution in [2.75, 3.05) is 0 Å². The molecule has 0 aromatic carbocycles.